The molecule has 0 aromatic heterocycles. The third-order valence-electron chi connectivity index (χ3n) is 5.75. The molecule has 4 heteroatoms. The van der Waals surface area contributed by atoms with Gasteiger partial charge >= 0.3 is 0 Å². The molecule has 0 spiro atoms. The lowest BCUT2D eigenvalue weighted by molar-refractivity contribution is -0.146. The molecule has 106 valence electrons. The van der Waals surface area contributed by atoms with Crippen LogP contribution in [-0.4, -0.2) is 12.5 Å². The molecule has 0 atom stereocenters. The highest BCUT2D eigenvalue weighted by Crippen LogP contribution is 2.60. The molecular weight excluding hydrogens is 252 g/mol. The highest BCUT2D eigenvalue weighted by molar-refractivity contribution is 5.84. The van der Waals surface area contributed by atoms with E-state index in [2.05, 4.69) is 11.4 Å². The van der Waals surface area contributed by atoms with Crippen LogP contribution in [0.3, 0.4) is 0 Å². The number of ether oxygens (including phenoxy) is 1. The fourth-order valence-corrected chi connectivity index (χ4v) is 5.30. The van der Waals surface area contributed by atoms with Crippen LogP contribution in [0.5, 0.6) is 0 Å². The van der Waals surface area contributed by atoms with Crippen molar-refractivity contribution < 1.29 is 9.53 Å². The molecular formula is C16H20N2O2. The zero-order chi connectivity index (χ0) is 13.7. The highest BCUT2D eigenvalue weighted by Gasteiger charge is 2.54. The van der Waals surface area contributed by atoms with Crippen molar-refractivity contribution in [3.05, 3.63) is 11.5 Å². The second kappa shape index (κ2) is 4.25. The monoisotopic (exact) mass is 272 g/mol. The summed E-state index contributed by atoms with van der Waals surface area (Å²) in [5, 5.41) is 12.0. The van der Waals surface area contributed by atoms with Crippen LogP contribution in [0.1, 0.15) is 44.9 Å². The molecule has 5 rings (SSSR count). The normalized spacial score (nSPS) is 41.5. The van der Waals surface area contributed by atoms with Gasteiger partial charge in [-0.05, 0) is 56.3 Å². The topological polar surface area (TPSA) is 62.1 Å². The van der Waals surface area contributed by atoms with Crippen LogP contribution < -0.4 is 5.32 Å². The minimum Gasteiger partial charge on any atom is -0.478 e. The van der Waals surface area contributed by atoms with Gasteiger partial charge in [0, 0.05) is 6.42 Å². The van der Waals surface area contributed by atoms with Gasteiger partial charge in [-0.2, -0.15) is 5.26 Å². The second-order valence-electron chi connectivity index (χ2n) is 7.17. The Hall–Kier alpha value is -1.50. The molecule has 5 aliphatic rings. The number of rotatable bonds is 2. The van der Waals surface area contributed by atoms with Crippen LogP contribution in [0.25, 0.3) is 0 Å². The van der Waals surface area contributed by atoms with Gasteiger partial charge in [-0.15, -0.1) is 0 Å². The van der Waals surface area contributed by atoms with Crippen molar-refractivity contribution in [3.63, 3.8) is 0 Å². The molecule has 0 aromatic rings. The molecule has 1 N–H and O–H groups in total. The summed E-state index contributed by atoms with van der Waals surface area (Å²) in [6.45, 7) is 0.513. The first-order valence-corrected chi connectivity index (χ1v) is 7.76. The molecule has 4 saturated carbocycles. The van der Waals surface area contributed by atoms with Gasteiger partial charge in [0.25, 0.3) is 0 Å². The van der Waals surface area contributed by atoms with Gasteiger partial charge < -0.3 is 4.74 Å². The van der Waals surface area contributed by atoms with Gasteiger partial charge in [0.1, 0.15) is 6.07 Å². The lowest BCUT2D eigenvalue weighted by Gasteiger charge is -2.55. The average molecular weight is 272 g/mol. The fraction of sp³-hybridized carbons (Fsp3) is 0.750. The Labute approximate surface area is 119 Å². The number of nitrogens with one attached hydrogen (secondary N) is 1. The summed E-state index contributed by atoms with van der Waals surface area (Å²) in [6, 6.07) is 2.13. The van der Waals surface area contributed by atoms with E-state index in [0.717, 1.165) is 37.0 Å². The first-order valence-electron chi connectivity index (χ1n) is 7.76. The maximum atomic E-state index is 12.8. The van der Waals surface area contributed by atoms with Crippen LogP contribution in [0.4, 0.5) is 0 Å². The fourth-order valence-electron chi connectivity index (χ4n) is 5.30. The molecule has 0 saturated heterocycles. The van der Waals surface area contributed by atoms with E-state index in [9.17, 15) is 4.79 Å². The third-order valence-corrected chi connectivity index (χ3v) is 5.75. The van der Waals surface area contributed by atoms with Crippen LogP contribution in [0.2, 0.25) is 0 Å². The van der Waals surface area contributed by atoms with Crippen molar-refractivity contribution in [2.75, 3.05) is 6.61 Å². The summed E-state index contributed by atoms with van der Waals surface area (Å²) in [5.41, 5.74) is 0.414. The first kappa shape index (κ1) is 12.3. The minimum atomic E-state index is -0.172. The van der Waals surface area contributed by atoms with Crippen LogP contribution in [-0.2, 0) is 9.53 Å². The predicted octanol–water partition coefficient (Wildman–Crippen LogP) is 2.47. The summed E-state index contributed by atoms with van der Waals surface area (Å²) < 4.78 is 5.42. The van der Waals surface area contributed by atoms with Crippen molar-refractivity contribution >= 4 is 5.91 Å². The Balaban J connectivity index is 1.56. The Morgan fingerprint density at radius 3 is 2.35 bits per heavy atom. The van der Waals surface area contributed by atoms with E-state index < -0.39 is 0 Å². The van der Waals surface area contributed by atoms with Crippen LogP contribution in [0, 0.1) is 34.5 Å². The SMILES string of the molecule is N#CC1=C(NC(=O)C23CC4CC(CC(C4)C2)C3)OCC1. The van der Waals surface area contributed by atoms with Gasteiger partial charge in [0.15, 0.2) is 0 Å². The summed E-state index contributed by atoms with van der Waals surface area (Å²) in [7, 11) is 0. The summed E-state index contributed by atoms with van der Waals surface area (Å²) in [6.07, 6.45) is 7.73. The molecule has 4 bridgehead atoms. The number of amides is 1. The van der Waals surface area contributed by atoms with Gasteiger partial charge in [-0.1, -0.05) is 0 Å². The van der Waals surface area contributed by atoms with E-state index >= 15 is 0 Å². The van der Waals surface area contributed by atoms with Crippen molar-refractivity contribution in [1.29, 1.82) is 5.26 Å². The summed E-state index contributed by atoms with van der Waals surface area (Å²) in [5.74, 6) is 2.79. The van der Waals surface area contributed by atoms with Gasteiger partial charge in [-0.25, -0.2) is 0 Å². The van der Waals surface area contributed by atoms with Crippen molar-refractivity contribution in [2.24, 2.45) is 23.2 Å². The average Bonchev–Trinajstić information content (AvgIpc) is 2.84. The number of carbonyl (C=O) groups excluding carboxylic acids is 1. The van der Waals surface area contributed by atoms with Gasteiger partial charge in [0.2, 0.25) is 11.8 Å². The Morgan fingerprint density at radius 2 is 1.80 bits per heavy atom. The van der Waals surface area contributed by atoms with Crippen molar-refractivity contribution in [1.82, 2.24) is 5.32 Å². The number of hydrogen-bond acceptors (Lipinski definition) is 3. The third kappa shape index (κ3) is 1.76. The highest BCUT2D eigenvalue weighted by atomic mass is 16.5. The summed E-state index contributed by atoms with van der Waals surface area (Å²) in [4.78, 5) is 12.8. The van der Waals surface area contributed by atoms with Gasteiger partial charge in [-0.3, -0.25) is 10.1 Å². The summed E-state index contributed by atoms with van der Waals surface area (Å²) >= 11 is 0. The number of hydrogen-bond donors (Lipinski definition) is 1. The van der Waals surface area contributed by atoms with E-state index in [1.807, 2.05) is 0 Å². The Kier molecular flexibility index (Phi) is 2.60. The smallest absolute Gasteiger partial charge is 0.232 e. The lowest BCUT2D eigenvalue weighted by Crippen LogP contribution is -2.53. The predicted molar refractivity (Wildman–Crippen MR) is 72.0 cm³/mol. The quantitative estimate of drug-likeness (QED) is 0.840. The molecule has 0 radical (unpaired) electrons. The minimum absolute atomic E-state index is 0.112. The van der Waals surface area contributed by atoms with E-state index in [4.69, 9.17) is 10.00 Å². The zero-order valence-corrected chi connectivity index (χ0v) is 11.7. The van der Waals surface area contributed by atoms with E-state index in [1.54, 1.807) is 0 Å². The van der Waals surface area contributed by atoms with Crippen molar-refractivity contribution in [2.45, 2.75) is 44.9 Å². The van der Waals surface area contributed by atoms with E-state index in [0.29, 0.717) is 24.5 Å². The van der Waals surface area contributed by atoms with Crippen LogP contribution in [0.15, 0.2) is 11.5 Å². The zero-order valence-electron chi connectivity index (χ0n) is 11.7. The molecule has 1 aliphatic heterocycles. The molecule has 4 nitrogen and oxygen atoms in total. The molecule has 1 amide bonds. The van der Waals surface area contributed by atoms with Gasteiger partial charge in [0.05, 0.1) is 17.6 Å². The number of nitriles is 1. The number of carbonyl (C=O) groups is 1. The first-order chi connectivity index (χ1) is 9.68. The van der Waals surface area contributed by atoms with E-state index in [-0.39, 0.29) is 11.3 Å². The molecule has 4 fully saturated rings. The Bertz CT molecular complexity index is 494. The molecule has 20 heavy (non-hydrogen) atoms. The molecule has 0 aromatic carbocycles. The molecule has 0 unspecified atom stereocenters. The van der Waals surface area contributed by atoms with Crippen LogP contribution >= 0.6 is 0 Å². The Morgan fingerprint density at radius 1 is 1.20 bits per heavy atom. The maximum Gasteiger partial charge on any atom is 0.232 e. The maximum absolute atomic E-state index is 12.8. The molecule has 4 aliphatic carbocycles. The van der Waals surface area contributed by atoms with E-state index in [1.165, 1.54) is 19.3 Å². The largest absolute Gasteiger partial charge is 0.478 e. The lowest BCUT2D eigenvalue weighted by atomic mass is 9.49. The second-order valence-corrected chi connectivity index (χ2v) is 7.17. The standard InChI is InChI=1S/C16H20N2O2/c17-9-13-1-2-20-14(13)18-15(19)16-6-10-3-11(7-16)5-12(4-10)8-16/h10-12H,1-8H2,(H,18,19). The molecule has 1 heterocycles. The number of nitrogens with zero attached hydrogens (tertiary/aromatic N) is 1. The van der Waals surface area contributed by atoms with Crippen molar-refractivity contribution in [3.8, 4) is 6.07 Å².